The Bertz CT molecular complexity index is 530. The zero-order chi connectivity index (χ0) is 17.4. The molecule has 0 bridgehead atoms. The second-order valence-corrected chi connectivity index (χ2v) is 6.53. The second-order valence-electron chi connectivity index (χ2n) is 6.53. The highest BCUT2D eigenvalue weighted by Gasteiger charge is 2.43. The molecule has 0 saturated heterocycles. The number of aliphatic carboxylic acids is 1. The molecule has 4 heteroatoms. The van der Waals surface area contributed by atoms with E-state index in [1.54, 1.807) is 12.2 Å². The molecule has 4 nitrogen and oxygen atoms in total. The van der Waals surface area contributed by atoms with Gasteiger partial charge in [0, 0.05) is 30.8 Å². The van der Waals surface area contributed by atoms with Crippen LogP contribution >= 0.6 is 0 Å². The van der Waals surface area contributed by atoms with Crippen LogP contribution in [0.1, 0.15) is 45.4 Å². The average molecular weight is 332 g/mol. The first-order valence-electron chi connectivity index (χ1n) is 8.90. The summed E-state index contributed by atoms with van der Waals surface area (Å²) < 4.78 is 6.10. The van der Waals surface area contributed by atoms with Crippen molar-refractivity contribution in [3.8, 4) is 0 Å². The number of allylic oxidation sites excluding steroid dienone is 6. The van der Waals surface area contributed by atoms with E-state index in [2.05, 4.69) is 13.0 Å². The number of carbonyl (C=O) groups is 1. The summed E-state index contributed by atoms with van der Waals surface area (Å²) in [4.78, 5) is 10.4. The highest BCUT2D eigenvalue weighted by Crippen LogP contribution is 2.42. The van der Waals surface area contributed by atoms with Gasteiger partial charge in [0.15, 0.2) is 0 Å². The van der Waals surface area contributed by atoms with E-state index in [0.717, 1.165) is 24.7 Å². The van der Waals surface area contributed by atoms with Crippen molar-refractivity contribution in [3.63, 3.8) is 0 Å². The molecule has 1 aliphatic carbocycles. The van der Waals surface area contributed by atoms with Crippen molar-refractivity contribution in [2.45, 2.75) is 57.7 Å². The van der Waals surface area contributed by atoms with Crippen molar-refractivity contribution < 1.29 is 19.7 Å². The van der Waals surface area contributed by atoms with E-state index < -0.39 is 5.97 Å². The smallest absolute Gasteiger partial charge is 0.328 e. The lowest BCUT2D eigenvalue weighted by atomic mass is 9.88. The highest BCUT2D eigenvalue weighted by atomic mass is 16.5. The summed E-state index contributed by atoms with van der Waals surface area (Å²) in [5, 5.41) is 18.8. The van der Waals surface area contributed by atoms with Crippen molar-refractivity contribution >= 4 is 5.97 Å². The van der Waals surface area contributed by atoms with Gasteiger partial charge >= 0.3 is 5.97 Å². The normalized spacial score (nSPS) is 30.0. The summed E-state index contributed by atoms with van der Waals surface area (Å²) in [5.74, 6) is 0.560. The van der Waals surface area contributed by atoms with Gasteiger partial charge in [0.1, 0.15) is 6.10 Å². The zero-order valence-corrected chi connectivity index (χ0v) is 14.3. The van der Waals surface area contributed by atoms with E-state index in [1.807, 2.05) is 12.2 Å². The topological polar surface area (TPSA) is 66.8 Å². The van der Waals surface area contributed by atoms with Crippen LogP contribution in [0, 0.1) is 11.8 Å². The fourth-order valence-electron chi connectivity index (χ4n) is 3.50. The lowest BCUT2D eigenvalue weighted by Crippen LogP contribution is -2.25. The number of hydrogen-bond donors (Lipinski definition) is 2. The maximum absolute atomic E-state index is 10.4. The minimum absolute atomic E-state index is 0.0940. The Kier molecular flexibility index (Phi) is 7.32. The number of carboxylic acids is 1. The molecule has 0 aromatic heterocycles. The Hall–Kier alpha value is -1.81. The molecule has 0 radical (unpaired) electrons. The third-order valence-electron chi connectivity index (χ3n) is 4.74. The number of fused-ring (bicyclic) bond motifs is 1. The Labute approximate surface area is 144 Å². The molecule has 2 rings (SSSR count). The van der Waals surface area contributed by atoms with E-state index in [9.17, 15) is 9.90 Å². The van der Waals surface area contributed by atoms with Crippen LogP contribution in [-0.2, 0) is 9.53 Å². The molecule has 4 atom stereocenters. The lowest BCUT2D eigenvalue weighted by molar-refractivity contribution is -0.131. The minimum atomic E-state index is -0.960. The molecule has 1 heterocycles. The van der Waals surface area contributed by atoms with E-state index in [-0.39, 0.29) is 18.1 Å². The molecule has 2 aliphatic rings. The molecular formula is C20H28O4. The molecule has 0 amide bonds. The number of hydrogen-bond acceptors (Lipinski definition) is 3. The Morgan fingerprint density at radius 3 is 2.83 bits per heavy atom. The molecule has 1 aliphatic heterocycles. The van der Waals surface area contributed by atoms with E-state index in [4.69, 9.17) is 9.84 Å². The molecule has 4 unspecified atom stereocenters. The summed E-state index contributed by atoms with van der Waals surface area (Å²) >= 11 is 0. The number of aliphatic hydroxyl groups is 1. The van der Waals surface area contributed by atoms with Gasteiger partial charge in [0.2, 0.25) is 0 Å². The van der Waals surface area contributed by atoms with Crippen LogP contribution < -0.4 is 0 Å². The highest BCUT2D eigenvalue weighted by molar-refractivity contribution is 5.80. The predicted octanol–water partition coefficient (Wildman–Crippen LogP) is 3.99. The molecule has 0 aromatic rings. The Morgan fingerprint density at radius 2 is 2.08 bits per heavy atom. The number of unbranched alkanes of at least 4 members (excludes halogenated alkanes) is 2. The Balaban J connectivity index is 1.88. The van der Waals surface area contributed by atoms with Gasteiger partial charge in [0.25, 0.3) is 0 Å². The van der Waals surface area contributed by atoms with Crippen LogP contribution in [0.15, 0.2) is 48.3 Å². The summed E-state index contributed by atoms with van der Waals surface area (Å²) in [6.45, 7) is 2.20. The van der Waals surface area contributed by atoms with Crippen molar-refractivity contribution in [1.29, 1.82) is 0 Å². The third-order valence-corrected chi connectivity index (χ3v) is 4.74. The molecule has 2 N–H and O–H groups in total. The maximum Gasteiger partial charge on any atom is 0.328 e. The van der Waals surface area contributed by atoms with E-state index in [0.29, 0.717) is 12.3 Å². The van der Waals surface area contributed by atoms with Gasteiger partial charge < -0.3 is 14.9 Å². The summed E-state index contributed by atoms with van der Waals surface area (Å²) in [6, 6.07) is 0. The van der Waals surface area contributed by atoms with Crippen molar-refractivity contribution in [1.82, 2.24) is 0 Å². The first-order valence-corrected chi connectivity index (χ1v) is 8.90. The Morgan fingerprint density at radius 1 is 1.29 bits per heavy atom. The van der Waals surface area contributed by atoms with Gasteiger partial charge in [-0.2, -0.15) is 0 Å². The zero-order valence-electron chi connectivity index (χ0n) is 14.3. The fourth-order valence-corrected chi connectivity index (χ4v) is 3.50. The van der Waals surface area contributed by atoms with Crippen LogP contribution in [-0.4, -0.2) is 28.4 Å². The number of aliphatic hydroxyl groups excluding tert-OH is 1. The number of carboxylic acid groups (broad SMARTS) is 1. The van der Waals surface area contributed by atoms with E-state index in [1.165, 1.54) is 25.3 Å². The second kappa shape index (κ2) is 9.48. The van der Waals surface area contributed by atoms with Gasteiger partial charge in [-0.15, -0.1) is 0 Å². The standard InChI is InChI=1S/C20H28O4/c1-2-3-6-9-15-12-13-17-16(18(21)14-19(17)24-15)10-7-4-5-8-11-20(22)23/h4-5,7-8,10-12,16-19,21H,2-3,6,9,13-14H2,1H3,(H,22,23). The predicted molar refractivity (Wildman–Crippen MR) is 94.4 cm³/mol. The largest absolute Gasteiger partial charge is 0.495 e. The molecular weight excluding hydrogens is 304 g/mol. The van der Waals surface area contributed by atoms with Crippen LogP contribution in [0.5, 0.6) is 0 Å². The summed E-state index contributed by atoms with van der Waals surface area (Å²) in [6.07, 6.45) is 18.1. The van der Waals surface area contributed by atoms with Gasteiger partial charge in [-0.1, -0.05) is 50.1 Å². The molecule has 132 valence electrons. The van der Waals surface area contributed by atoms with E-state index >= 15 is 0 Å². The monoisotopic (exact) mass is 332 g/mol. The van der Waals surface area contributed by atoms with Gasteiger partial charge in [-0.3, -0.25) is 0 Å². The fraction of sp³-hybridized carbons (Fsp3) is 0.550. The molecule has 0 spiro atoms. The summed E-state index contributed by atoms with van der Waals surface area (Å²) in [5.41, 5.74) is 0. The van der Waals surface area contributed by atoms with Gasteiger partial charge in [-0.05, 0) is 18.9 Å². The molecule has 0 aromatic carbocycles. The van der Waals surface area contributed by atoms with Crippen molar-refractivity contribution in [2.75, 3.05) is 0 Å². The van der Waals surface area contributed by atoms with Crippen LogP contribution in [0.25, 0.3) is 0 Å². The van der Waals surface area contributed by atoms with Gasteiger partial charge in [-0.25, -0.2) is 4.79 Å². The first-order chi connectivity index (χ1) is 11.6. The number of rotatable bonds is 8. The molecule has 1 fully saturated rings. The summed E-state index contributed by atoms with van der Waals surface area (Å²) in [7, 11) is 0. The average Bonchev–Trinajstić information content (AvgIpc) is 2.85. The van der Waals surface area contributed by atoms with Gasteiger partial charge in [0.05, 0.1) is 11.9 Å². The number of ether oxygens (including phenoxy) is 1. The van der Waals surface area contributed by atoms with Crippen molar-refractivity contribution in [2.24, 2.45) is 11.8 Å². The quantitative estimate of drug-likeness (QED) is 0.401. The minimum Gasteiger partial charge on any atom is -0.495 e. The van der Waals surface area contributed by atoms with Crippen LogP contribution in [0.3, 0.4) is 0 Å². The van der Waals surface area contributed by atoms with Crippen molar-refractivity contribution in [3.05, 3.63) is 48.3 Å². The lowest BCUT2D eigenvalue weighted by Gasteiger charge is -2.29. The first kappa shape index (κ1) is 18.5. The van der Waals surface area contributed by atoms with Crippen LogP contribution in [0.4, 0.5) is 0 Å². The molecule has 1 saturated carbocycles. The maximum atomic E-state index is 10.4. The van der Waals surface area contributed by atoms with Crippen LogP contribution in [0.2, 0.25) is 0 Å². The molecule has 24 heavy (non-hydrogen) atoms. The third kappa shape index (κ3) is 5.38. The SMILES string of the molecule is CCCCCC1=CCC2C(CC(O)C2C=CC=CC=CC(=O)O)O1.